The van der Waals surface area contributed by atoms with Crippen molar-refractivity contribution in [3.63, 3.8) is 0 Å². The van der Waals surface area contributed by atoms with Crippen LogP contribution in [-0.2, 0) is 6.18 Å². The molecule has 6 heterocycles. The van der Waals surface area contributed by atoms with E-state index in [4.69, 9.17) is 0 Å². The molecule has 0 aliphatic carbocycles. The average Bonchev–Trinajstić information content (AvgIpc) is 3.90. The molecule has 322 valence electrons. The number of rotatable bonds is 7. The Balaban J connectivity index is 1.27. The fourth-order valence-electron chi connectivity index (χ4n) is 9.10. The van der Waals surface area contributed by atoms with Gasteiger partial charge < -0.3 is 9.13 Å². The molecule has 12 aromatic rings. The molecular weight excluding hydrogens is 860 g/mol. The van der Waals surface area contributed by atoms with Crippen molar-refractivity contribution >= 4 is 43.6 Å². The molecule has 0 radical (unpaired) electrons. The minimum Gasteiger partial charge on any atom is -0.308 e. The zero-order valence-corrected chi connectivity index (χ0v) is 35.4. The first-order chi connectivity index (χ1) is 33.3. The second-order valence-electron chi connectivity index (χ2n) is 16.0. The molecule has 0 bridgehead atoms. The quantitative estimate of drug-likeness (QED) is 0.153. The van der Waals surface area contributed by atoms with E-state index in [1.54, 1.807) is 119 Å². The van der Waals surface area contributed by atoms with E-state index in [0.29, 0.717) is 106 Å². The average molecular weight is 890 g/mol. The number of nitrogens with zero attached hydrogens (tertiary/aromatic N) is 11. The molecular formula is C54H30F3N11. The van der Waals surface area contributed by atoms with E-state index >= 15 is 13.2 Å². The van der Waals surface area contributed by atoms with Crippen LogP contribution < -0.4 is 0 Å². The monoisotopic (exact) mass is 889 g/mol. The molecule has 0 spiro atoms. The van der Waals surface area contributed by atoms with E-state index in [1.165, 1.54) is 0 Å². The first kappa shape index (κ1) is 40.1. The Labute approximate surface area is 384 Å². The molecule has 0 fully saturated rings. The van der Waals surface area contributed by atoms with Gasteiger partial charge in [0.15, 0.2) is 23.3 Å². The third-order valence-electron chi connectivity index (χ3n) is 12.0. The molecule has 68 heavy (non-hydrogen) atoms. The van der Waals surface area contributed by atoms with Gasteiger partial charge in [0.25, 0.3) is 0 Å². The first-order valence-electron chi connectivity index (χ1n) is 21.3. The van der Waals surface area contributed by atoms with Crippen LogP contribution in [0.2, 0.25) is 0 Å². The van der Waals surface area contributed by atoms with E-state index in [0.717, 1.165) is 0 Å². The van der Waals surface area contributed by atoms with Crippen molar-refractivity contribution < 1.29 is 13.2 Å². The third-order valence-corrected chi connectivity index (χ3v) is 12.0. The van der Waals surface area contributed by atoms with Crippen LogP contribution in [-0.4, -0.2) is 49.0 Å². The summed E-state index contributed by atoms with van der Waals surface area (Å²) >= 11 is 0. The van der Waals surface area contributed by atoms with Gasteiger partial charge >= 0.3 is 6.18 Å². The standard InChI is InChI=1S/C54H30F3N11/c55-54(56,57)49-47(67-43-25-34(50-59-16-2-17-60-50)8-12-39(43)40-13-9-35(26-44(40)67)51-61-18-3-19-62-51)29-38(33-7-1-6-32(24-33)31-58)30-48(49)68-45-27-36(52-63-20-4-21-64-52)10-14-41(45)42-15-11-37(28-46(42)68)53-65-22-5-23-66-53/h1-30H. The van der Waals surface area contributed by atoms with Crippen molar-refractivity contribution in [2.24, 2.45) is 0 Å². The second-order valence-corrected chi connectivity index (χ2v) is 16.0. The molecule has 0 saturated heterocycles. The van der Waals surface area contributed by atoms with Crippen molar-refractivity contribution in [2.45, 2.75) is 6.18 Å². The number of nitriles is 1. The van der Waals surface area contributed by atoms with Gasteiger partial charge in [-0.05, 0) is 83.9 Å². The minimum atomic E-state index is -4.97. The van der Waals surface area contributed by atoms with Crippen molar-refractivity contribution in [1.29, 1.82) is 5.26 Å². The van der Waals surface area contributed by atoms with Crippen molar-refractivity contribution in [3.8, 4) is 74.1 Å². The summed E-state index contributed by atoms with van der Waals surface area (Å²) in [6.07, 6.45) is 8.01. The van der Waals surface area contributed by atoms with E-state index in [9.17, 15) is 5.26 Å². The summed E-state index contributed by atoms with van der Waals surface area (Å²) in [6.45, 7) is 0. The highest BCUT2D eigenvalue weighted by molar-refractivity contribution is 6.13. The molecule has 0 amide bonds. The molecule has 0 aliphatic rings. The normalized spacial score (nSPS) is 11.7. The van der Waals surface area contributed by atoms with Gasteiger partial charge in [0, 0.05) is 93.4 Å². The maximum atomic E-state index is 17.0. The molecule has 0 aliphatic heterocycles. The summed E-state index contributed by atoms with van der Waals surface area (Å²) in [6, 6.07) is 41.3. The number of halogens is 3. The van der Waals surface area contributed by atoms with Crippen molar-refractivity contribution in [1.82, 2.24) is 49.0 Å². The van der Waals surface area contributed by atoms with Crippen LogP contribution >= 0.6 is 0 Å². The number of benzene rings is 6. The van der Waals surface area contributed by atoms with Gasteiger partial charge in [0.2, 0.25) is 0 Å². The molecule has 0 atom stereocenters. The van der Waals surface area contributed by atoms with Crippen LogP contribution in [0.3, 0.4) is 0 Å². The Kier molecular flexibility index (Phi) is 9.36. The number of alkyl halides is 3. The molecule has 12 rings (SSSR count). The molecule has 6 aromatic heterocycles. The SMILES string of the molecule is N#Cc1cccc(-c2cc(-n3c4cc(-c5ncccn5)ccc4c4ccc(-c5ncccn5)cc43)c(C(F)(F)F)c(-n3c4cc(-c5ncccn5)ccc4c4ccc(-c5ncccn5)cc43)c2)c1. The number of aromatic nitrogens is 10. The largest absolute Gasteiger partial charge is 0.420 e. The van der Waals surface area contributed by atoms with Crippen LogP contribution in [0.25, 0.3) is 112 Å². The van der Waals surface area contributed by atoms with Crippen LogP contribution in [0.1, 0.15) is 11.1 Å². The number of fused-ring (bicyclic) bond motifs is 6. The maximum absolute atomic E-state index is 17.0. The van der Waals surface area contributed by atoms with Gasteiger partial charge in [-0.25, -0.2) is 39.9 Å². The minimum absolute atomic E-state index is 0.162. The predicted octanol–water partition coefficient (Wildman–Crippen LogP) is 12.3. The maximum Gasteiger partial charge on any atom is 0.420 e. The Morgan fingerprint density at radius 2 is 0.706 bits per heavy atom. The summed E-state index contributed by atoms with van der Waals surface area (Å²) in [5, 5.41) is 12.9. The van der Waals surface area contributed by atoms with Gasteiger partial charge in [-0.3, -0.25) is 0 Å². The highest BCUT2D eigenvalue weighted by atomic mass is 19.4. The Morgan fingerprint density at radius 1 is 0.368 bits per heavy atom. The van der Waals surface area contributed by atoms with Gasteiger partial charge in [-0.2, -0.15) is 18.4 Å². The summed E-state index contributed by atoms with van der Waals surface area (Å²) in [4.78, 5) is 35.9. The van der Waals surface area contributed by atoms with Gasteiger partial charge in [-0.15, -0.1) is 0 Å². The summed E-state index contributed by atoms with van der Waals surface area (Å²) in [7, 11) is 0. The van der Waals surface area contributed by atoms with E-state index < -0.39 is 11.7 Å². The Hall–Kier alpha value is -9.48. The smallest absolute Gasteiger partial charge is 0.308 e. The molecule has 0 saturated carbocycles. The fraction of sp³-hybridized carbons (Fsp3) is 0.0185. The molecule has 14 heteroatoms. The number of hydrogen-bond acceptors (Lipinski definition) is 9. The van der Waals surface area contributed by atoms with E-state index in [1.807, 2.05) is 72.8 Å². The van der Waals surface area contributed by atoms with Crippen LogP contribution in [0, 0.1) is 11.3 Å². The third kappa shape index (κ3) is 6.76. The van der Waals surface area contributed by atoms with Gasteiger partial charge in [0.1, 0.15) is 5.56 Å². The summed E-state index contributed by atoms with van der Waals surface area (Å²) in [5.74, 6) is 1.63. The predicted molar refractivity (Wildman–Crippen MR) is 254 cm³/mol. The summed E-state index contributed by atoms with van der Waals surface area (Å²) < 4.78 is 54.2. The Morgan fingerprint density at radius 3 is 1.01 bits per heavy atom. The van der Waals surface area contributed by atoms with Gasteiger partial charge in [-0.1, -0.05) is 60.7 Å². The lowest BCUT2D eigenvalue weighted by molar-refractivity contribution is -0.137. The second kappa shape index (κ2) is 15.9. The van der Waals surface area contributed by atoms with Crippen molar-refractivity contribution in [2.75, 3.05) is 0 Å². The summed E-state index contributed by atoms with van der Waals surface area (Å²) in [5.41, 5.74) is 4.40. The molecule has 6 aromatic carbocycles. The number of hydrogen-bond donors (Lipinski definition) is 0. The van der Waals surface area contributed by atoms with Crippen LogP contribution in [0.4, 0.5) is 13.2 Å². The highest BCUT2D eigenvalue weighted by Crippen LogP contribution is 2.47. The fourth-order valence-corrected chi connectivity index (χ4v) is 9.10. The lowest BCUT2D eigenvalue weighted by Crippen LogP contribution is -2.16. The van der Waals surface area contributed by atoms with Crippen LogP contribution in [0.5, 0.6) is 0 Å². The van der Waals surface area contributed by atoms with Crippen LogP contribution in [0.15, 0.2) is 183 Å². The molecule has 11 nitrogen and oxygen atoms in total. The lowest BCUT2D eigenvalue weighted by atomic mass is 9.98. The molecule has 0 unspecified atom stereocenters. The highest BCUT2D eigenvalue weighted by Gasteiger charge is 2.40. The van der Waals surface area contributed by atoms with E-state index in [-0.39, 0.29) is 11.4 Å². The topological polar surface area (TPSA) is 137 Å². The van der Waals surface area contributed by atoms with Crippen molar-refractivity contribution in [3.05, 3.63) is 194 Å². The Bertz CT molecular complexity index is 3550. The lowest BCUT2D eigenvalue weighted by Gasteiger charge is -2.23. The first-order valence-corrected chi connectivity index (χ1v) is 21.3. The van der Waals surface area contributed by atoms with E-state index in [2.05, 4.69) is 45.9 Å². The molecule has 0 N–H and O–H groups in total. The zero-order valence-electron chi connectivity index (χ0n) is 35.4. The zero-order chi connectivity index (χ0) is 45.9. The van der Waals surface area contributed by atoms with Gasteiger partial charge in [0.05, 0.1) is 45.1 Å².